The second-order valence-corrected chi connectivity index (χ2v) is 5.38. The van der Waals surface area contributed by atoms with Gasteiger partial charge in [-0.3, -0.25) is 0 Å². The van der Waals surface area contributed by atoms with Crippen LogP contribution in [-0.2, 0) is 0 Å². The summed E-state index contributed by atoms with van der Waals surface area (Å²) in [4.78, 5) is 23.9. The van der Waals surface area contributed by atoms with Crippen LogP contribution in [0.4, 0.5) is 9.59 Å². The van der Waals surface area contributed by atoms with E-state index in [0.717, 1.165) is 17.7 Å². The first-order valence-corrected chi connectivity index (χ1v) is 6.60. The largest absolute Gasteiger partial charge is 0.353 e. The van der Waals surface area contributed by atoms with Crippen LogP contribution in [0.2, 0.25) is 0 Å². The van der Waals surface area contributed by atoms with E-state index in [2.05, 4.69) is 0 Å². The lowest BCUT2D eigenvalue weighted by atomic mass is 9.91. The van der Waals surface area contributed by atoms with Crippen LogP contribution in [-0.4, -0.2) is 41.1 Å². The Balaban J connectivity index is 2.73. The predicted molar refractivity (Wildman–Crippen MR) is 67.6 cm³/mol. The second-order valence-electron chi connectivity index (χ2n) is 4.03. The highest BCUT2D eigenvalue weighted by Crippen LogP contribution is 2.57. The Morgan fingerprint density at radius 1 is 0.778 bits per heavy atom. The lowest BCUT2D eigenvalue weighted by molar-refractivity contribution is 0.0294. The van der Waals surface area contributed by atoms with E-state index >= 15 is 0 Å². The smallest absolute Gasteiger partial charge is 0.245 e. The van der Waals surface area contributed by atoms with Gasteiger partial charge in [0.05, 0.1) is 0 Å². The van der Waals surface area contributed by atoms with Crippen LogP contribution in [0.3, 0.4) is 0 Å². The van der Waals surface area contributed by atoms with Gasteiger partial charge in [-0.2, -0.15) is 0 Å². The van der Waals surface area contributed by atoms with Gasteiger partial charge in [0, 0.05) is 47.1 Å². The lowest BCUT2D eigenvalue weighted by Gasteiger charge is -2.42. The minimum Gasteiger partial charge on any atom is -0.245 e. The van der Waals surface area contributed by atoms with Crippen molar-refractivity contribution in [1.82, 2.24) is 17.7 Å². The van der Waals surface area contributed by atoms with Crippen molar-refractivity contribution >= 4 is 59.2 Å². The van der Waals surface area contributed by atoms with Crippen LogP contribution in [0, 0.1) is 0 Å². The average Bonchev–Trinajstić information content (AvgIpc) is 2.65. The molecule has 0 aromatic heterocycles. The van der Waals surface area contributed by atoms with Crippen molar-refractivity contribution in [1.29, 1.82) is 0 Å². The third-order valence-electron chi connectivity index (χ3n) is 3.60. The first-order valence-electron chi connectivity index (χ1n) is 5.24. The zero-order valence-electron chi connectivity index (χ0n) is 9.53. The minimum atomic E-state index is -1.32. The quantitative estimate of drug-likeness (QED) is 0.727. The number of rotatable bonds is 2. The van der Waals surface area contributed by atoms with Crippen molar-refractivity contribution in [2.75, 3.05) is 0 Å². The number of hydrogen-bond acceptors (Lipinski definition) is 2. The maximum atomic E-state index is 12.0. The standard InChI is InChI=1S/C8H10Cl4N4O2/c1-3-7-8(4-2,15(11)5(17)13(7)9)16(12)6(18)14(7)10/h3-4H2,1-2H3. The van der Waals surface area contributed by atoms with Gasteiger partial charge in [0.15, 0.2) is 11.3 Å². The Labute approximate surface area is 124 Å². The number of fused-ring (bicyclic) bond motifs is 1. The molecule has 0 N–H and O–H groups in total. The first kappa shape index (κ1) is 14.1. The van der Waals surface area contributed by atoms with E-state index in [-0.39, 0.29) is 12.8 Å². The van der Waals surface area contributed by atoms with E-state index < -0.39 is 23.4 Å². The van der Waals surface area contributed by atoms with E-state index in [1.807, 2.05) is 0 Å². The van der Waals surface area contributed by atoms with Gasteiger partial charge in [0.2, 0.25) is 0 Å². The molecular weight excluding hydrogens is 326 g/mol. The molecule has 2 rings (SSSR count). The molecule has 2 aliphatic rings. The second kappa shape index (κ2) is 4.10. The third kappa shape index (κ3) is 1.13. The molecular formula is C8H10Cl4N4O2. The summed E-state index contributed by atoms with van der Waals surface area (Å²) in [5, 5.41) is 0. The topological polar surface area (TPSA) is 47.1 Å². The molecule has 0 aromatic rings. The summed E-state index contributed by atoms with van der Waals surface area (Å²) >= 11 is 24.0. The Morgan fingerprint density at radius 3 is 1.17 bits per heavy atom. The van der Waals surface area contributed by atoms with Gasteiger partial charge in [0.1, 0.15) is 0 Å². The lowest BCUT2D eigenvalue weighted by Crippen LogP contribution is -2.62. The summed E-state index contributed by atoms with van der Waals surface area (Å²) in [7, 11) is 0. The molecule has 0 saturated carbocycles. The number of urea groups is 2. The van der Waals surface area contributed by atoms with Gasteiger partial charge in [-0.25, -0.2) is 27.3 Å². The Bertz CT molecular complexity index is 358. The number of hydrogen-bond donors (Lipinski definition) is 0. The van der Waals surface area contributed by atoms with Gasteiger partial charge >= 0.3 is 12.1 Å². The fourth-order valence-corrected chi connectivity index (χ4v) is 4.47. The van der Waals surface area contributed by atoms with E-state index in [1.165, 1.54) is 0 Å². The molecule has 2 heterocycles. The normalized spacial score (nSPS) is 35.9. The van der Waals surface area contributed by atoms with Crippen LogP contribution >= 0.6 is 47.1 Å². The van der Waals surface area contributed by atoms with Crippen molar-refractivity contribution in [2.45, 2.75) is 38.0 Å². The monoisotopic (exact) mass is 334 g/mol. The fourth-order valence-electron chi connectivity index (χ4n) is 2.69. The Morgan fingerprint density at radius 2 is 1.00 bits per heavy atom. The third-order valence-corrected chi connectivity index (χ3v) is 5.30. The molecule has 10 heteroatoms. The highest BCUT2D eigenvalue weighted by atomic mass is 35.5. The van der Waals surface area contributed by atoms with E-state index in [1.54, 1.807) is 13.8 Å². The molecule has 18 heavy (non-hydrogen) atoms. The molecule has 102 valence electrons. The summed E-state index contributed by atoms with van der Waals surface area (Å²) in [5.74, 6) is 0. The minimum absolute atomic E-state index is 0.276. The van der Waals surface area contributed by atoms with Gasteiger partial charge in [-0.05, 0) is 12.8 Å². The molecule has 0 atom stereocenters. The van der Waals surface area contributed by atoms with Crippen LogP contribution in [0.1, 0.15) is 26.7 Å². The summed E-state index contributed by atoms with van der Waals surface area (Å²) in [5.41, 5.74) is -2.63. The van der Waals surface area contributed by atoms with Gasteiger partial charge in [-0.15, -0.1) is 0 Å². The van der Waals surface area contributed by atoms with Crippen molar-refractivity contribution in [3.8, 4) is 0 Å². The Kier molecular flexibility index (Phi) is 3.21. The summed E-state index contributed by atoms with van der Waals surface area (Å²) in [6, 6.07) is -1.35. The molecule has 2 aliphatic heterocycles. The SMILES string of the molecule is CCC12N(Cl)C(=O)N(Cl)C1(CC)N(Cl)C(=O)N2Cl. The molecule has 6 nitrogen and oxygen atoms in total. The molecule has 0 bridgehead atoms. The van der Waals surface area contributed by atoms with E-state index in [4.69, 9.17) is 47.1 Å². The van der Waals surface area contributed by atoms with Crippen LogP contribution in [0.15, 0.2) is 0 Å². The highest BCUT2D eigenvalue weighted by molar-refractivity contribution is 6.35. The van der Waals surface area contributed by atoms with Crippen LogP contribution in [0.25, 0.3) is 0 Å². The van der Waals surface area contributed by atoms with Crippen molar-refractivity contribution in [3.05, 3.63) is 0 Å². The first-order chi connectivity index (χ1) is 8.32. The fraction of sp³-hybridized carbons (Fsp3) is 0.750. The maximum absolute atomic E-state index is 12.0. The molecule has 2 saturated heterocycles. The van der Waals surface area contributed by atoms with E-state index in [9.17, 15) is 9.59 Å². The van der Waals surface area contributed by atoms with Crippen LogP contribution in [0.5, 0.6) is 0 Å². The maximum Gasteiger partial charge on any atom is 0.353 e. The molecule has 0 aliphatic carbocycles. The van der Waals surface area contributed by atoms with Crippen molar-refractivity contribution in [2.24, 2.45) is 0 Å². The van der Waals surface area contributed by atoms with E-state index in [0.29, 0.717) is 0 Å². The zero-order chi connectivity index (χ0) is 13.9. The Hall–Kier alpha value is -0.300. The van der Waals surface area contributed by atoms with Gasteiger partial charge < -0.3 is 0 Å². The number of nitrogens with zero attached hydrogens (tertiary/aromatic N) is 4. The molecule has 0 radical (unpaired) electrons. The molecule has 4 amide bonds. The molecule has 0 unspecified atom stereocenters. The predicted octanol–water partition coefficient (Wildman–Crippen LogP) is 3.29. The van der Waals surface area contributed by atoms with Crippen molar-refractivity contribution in [3.63, 3.8) is 0 Å². The molecule has 2 fully saturated rings. The number of halogens is 4. The summed E-state index contributed by atoms with van der Waals surface area (Å²) in [6.45, 7) is 3.48. The molecule has 0 spiro atoms. The summed E-state index contributed by atoms with van der Waals surface area (Å²) in [6.07, 6.45) is 0.551. The van der Waals surface area contributed by atoms with Crippen molar-refractivity contribution < 1.29 is 9.59 Å². The van der Waals surface area contributed by atoms with Gasteiger partial charge in [0.25, 0.3) is 0 Å². The average molecular weight is 336 g/mol. The number of amides is 4. The summed E-state index contributed by atoms with van der Waals surface area (Å²) < 4.78 is 3.32. The van der Waals surface area contributed by atoms with Crippen LogP contribution < -0.4 is 0 Å². The number of carbonyl (C=O) groups excluding carboxylic acids is 2. The molecule has 0 aromatic carbocycles. The zero-order valence-corrected chi connectivity index (χ0v) is 12.6. The highest BCUT2D eigenvalue weighted by Gasteiger charge is 2.78. The number of carbonyl (C=O) groups is 2. The van der Waals surface area contributed by atoms with Gasteiger partial charge in [-0.1, -0.05) is 13.8 Å².